The van der Waals surface area contributed by atoms with E-state index < -0.39 is 25.2 Å². The molecule has 0 bridgehead atoms. The highest BCUT2D eigenvalue weighted by Gasteiger charge is 1.98. The molecule has 9 nitrogen and oxygen atoms in total. The summed E-state index contributed by atoms with van der Waals surface area (Å²) in [5.74, 6) is -2.34. The Kier molecular flexibility index (Phi) is 25.0. The molecule has 9 heteroatoms. The maximum atomic E-state index is 9.66. The van der Waals surface area contributed by atoms with Gasteiger partial charge in [0.25, 0.3) is 0 Å². The predicted octanol–water partition coefficient (Wildman–Crippen LogP) is -2.89. The first-order chi connectivity index (χ1) is 7.95. The van der Waals surface area contributed by atoms with Crippen LogP contribution in [0.1, 0.15) is 0 Å². The summed E-state index contributed by atoms with van der Waals surface area (Å²) in [5, 5.41) is 46.3. The highest BCUT2D eigenvalue weighted by atomic mass is 16.5. The fourth-order valence-electron chi connectivity index (χ4n) is 0.226. The monoisotopic (exact) mass is 258 g/mol. The Balaban J connectivity index is -0.000000205. The molecule has 0 atom stereocenters. The minimum atomic E-state index is -1.17. The summed E-state index contributed by atoms with van der Waals surface area (Å²) in [6.07, 6.45) is 0. The maximum Gasteiger partial charge on any atom is 0.329 e. The van der Waals surface area contributed by atoms with E-state index in [1.54, 1.807) is 0 Å². The number of aliphatic hydroxyl groups is 4. The topological polar surface area (TPSA) is 165 Å². The van der Waals surface area contributed by atoms with Crippen LogP contribution in [0.15, 0.2) is 0 Å². The summed E-state index contributed by atoms with van der Waals surface area (Å²) in [6, 6.07) is 0. The Labute approximate surface area is 97.5 Å². The molecule has 0 aromatic carbocycles. The van der Waals surface area contributed by atoms with Gasteiger partial charge in [-0.3, -0.25) is 0 Å². The first kappa shape index (κ1) is 21.1. The maximum absolute atomic E-state index is 9.66. The fourth-order valence-corrected chi connectivity index (χ4v) is 0.226. The summed E-state index contributed by atoms with van der Waals surface area (Å²) in [6.45, 7) is -1.63. The van der Waals surface area contributed by atoms with Crippen LogP contribution in [-0.4, -0.2) is 82.2 Å². The number of aliphatic hydroxyl groups excluding tert-OH is 4. The van der Waals surface area contributed by atoms with Crippen molar-refractivity contribution in [3.05, 3.63) is 0 Å². The van der Waals surface area contributed by atoms with Crippen molar-refractivity contribution in [1.29, 1.82) is 0 Å². The molecule has 0 saturated carbocycles. The molecule has 0 rings (SSSR count). The summed E-state index contributed by atoms with van der Waals surface area (Å²) >= 11 is 0. The van der Waals surface area contributed by atoms with Gasteiger partial charge in [-0.25, -0.2) is 9.59 Å². The van der Waals surface area contributed by atoms with Crippen molar-refractivity contribution in [2.24, 2.45) is 0 Å². The van der Waals surface area contributed by atoms with E-state index in [1.807, 2.05) is 0 Å². The Morgan fingerprint density at radius 3 is 1.06 bits per heavy atom. The normalized spacial score (nSPS) is 8.24. The largest absolute Gasteiger partial charge is 0.480 e. The number of hydrogen-bond acceptors (Lipinski definition) is 7. The zero-order valence-corrected chi connectivity index (χ0v) is 9.15. The van der Waals surface area contributed by atoms with Gasteiger partial charge in [-0.1, -0.05) is 0 Å². The Bertz CT molecular complexity index is 148. The van der Waals surface area contributed by atoms with Gasteiger partial charge in [-0.05, 0) is 0 Å². The molecule has 0 fully saturated rings. The minimum absolute atomic E-state index is 0.125. The van der Waals surface area contributed by atoms with Gasteiger partial charge in [0.1, 0.15) is 13.2 Å². The summed E-state index contributed by atoms with van der Waals surface area (Å²) in [4.78, 5) is 19.3. The first-order valence-electron chi connectivity index (χ1n) is 4.40. The van der Waals surface area contributed by atoms with Crippen LogP contribution in [0.5, 0.6) is 0 Å². The molecule has 6 N–H and O–H groups in total. The van der Waals surface area contributed by atoms with Crippen LogP contribution in [0.2, 0.25) is 0 Å². The number of carboxylic acids is 2. The highest BCUT2D eigenvalue weighted by Crippen LogP contribution is 1.73. The van der Waals surface area contributed by atoms with Crippen molar-refractivity contribution in [1.82, 2.24) is 0 Å². The number of hydrogen-bond donors (Lipinski definition) is 6. The lowest BCUT2D eigenvalue weighted by Crippen LogP contribution is -2.13. The molecule has 0 heterocycles. The zero-order chi connectivity index (χ0) is 14.1. The van der Waals surface area contributed by atoms with Crippen molar-refractivity contribution in [2.75, 3.05) is 39.6 Å². The number of carbonyl (C=O) groups is 2. The van der Waals surface area contributed by atoms with Gasteiger partial charge in [0.05, 0.1) is 26.4 Å². The molecule has 0 aromatic rings. The van der Waals surface area contributed by atoms with Crippen LogP contribution in [-0.2, 0) is 14.3 Å². The SMILES string of the molecule is O=C(O)COCC(=O)O.OCCO.OCCO. The quantitative estimate of drug-likeness (QED) is 0.293. The van der Waals surface area contributed by atoms with Gasteiger partial charge >= 0.3 is 11.9 Å². The van der Waals surface area contributed by atoms with Gasteiger partial charge in [0, 0.05) is 0 Å². The van der Waals surface area contributed by atoms with Crippen molar-refractivity contribution < 1.29 is 45.0 Å². The molecular weight excluding hydrogens is 240 g/mol. The van der Waals surface area contributed by atoms with E-state index in [0.717, 1.165) is 0 Å². The van der Waals surface area contributed by atoms with Crippen LogP contribution in [0.25, 0.3) is 0 Å². The van der Waals surface area contributed by atoms with Crippen molar-refractivity contribution in [3.8, 4) is 0 Å². The van der Waals surface area contributed by atoms with Gasteiger partial charge in [0.15, 0.2) is 0 Å². The second-order valence-electron chi connectivity index (χ2n) is 2.17. The smallest absolute Gasteiger partial charge is 0.329 e. The van der Waals surface area contributed by atoms with E-state index >= 15 is 0 Å². The molecule has 0 saturated heterocycles. The van der Waals surface area contributed by atoms with Crippen molar-refractivity contribution >= 4 is 11.9 Å². The average Bonchev–Trinajstić information content (AvgIpc) is 2.29. The third-order valence-corrected chi connectivity index (χ3v) is 0.651. The van der Waals surface area contributed by atoms with Gasteiger partial charge in [0.2, 0.25) is 0 Å². The van der Waals surface area contributed by atoms with Crippen molar-refractivity contribution in [2.45, 2.75) is 0 Å². The lowest BCUT2D eigenvalue weighted by Gasteiger charge is -1.92. The number of rotatable bonds is 6. The third kappa shape index (κ3) is 52.7. The molecule has 0 unspecified atom stereocenters. The Hall–Kier alpha value is -1.26. The molecule has 0 spiro atoms. The van der Waals surface area contributed by atoms with Crippen LogP contribution >= 0.6 is 0 Å². The molecular formula is C8H18O9. The lowest BCUT2D eigenvalue weighted by atomic mass is 10.7. The van der Waals surface area contributed by atoms with Crippen molar-refractivity contribution in [3.63, 3.8) is 0 Å². The number of ether oxygens (including phenoxy) is 1. The summed E-state index contributed by atoms with van der Waals surface area (Å²) in [5.41, 5.74) is 0. The highest BCUT2D eigenvalue weighted by molar-refractivity contribution is 5.70. The van der Waals surface area contributed by atoms with E-state index in [0.29, 0.717) is 0 Å². The molecule has 0 radical (unpaired) electrons. The van der Waals surface area contributed by atoms with Crippen LogP contribution in [0.4, 0.5) is 0 Å². The van der Waals surface area contributed by atoms with E-state index in [4.69, 9.17) is 30.6 Å². The van der Waals surface area contributed by atoms with E-state index in [9.17, 15) is 9.59 Å². The summed E-state index contributed by atoms with van der Waals surface area (Å²) < 4.78 is 4.16. The lowest BCUT2D eigenvalue weighted by molar-refractivity contribution is -0.148. The third-order valence-electron chi connectivity index (χ3n) is 0.651. The van der Waals surface area contributed by atoms with E-state index in [1.165, 1.54) is 0 Å². The summed E-state index contributed by atoms with van der Waals surface area (Å²) in [7, 11) is 0. The van der Waals surface area contributed by atoms with E-state index in [2.05, 4.69) is 4.74 Å². The fraction of sp³-hybridized carbons (Fsp3) is 0.750. The van der Waals surface area contributed by atoms with Gasteiger partial charge < -0.3 is 35.4 Å². The number of aliphatic carboxylic acids is 2. The Morgan fingerprint density at radius 1 is 0.706 bits per heavy atom. The second-order valence-corrected chi connectivity index (χ2v) is 2.17. The van der Waals surface area contributed by atoms with Crippen LogP contribution in [0, 0.1) is 0 Å². The molecule has 0 aliphatic heterocycles. The molecule has 104 valence electrons. The van der Waals surface area contributed by atoms with Gasteiger partial charge in [-0.15, -0.1) is 0 Å². The molecule has 0 aliphatic rings. The molecule has 0 aromatic heterocycles. The van der Waals surface area contributed by atoms with Crippen LogP contribution in [0.3, 0.4) is 0 Å². The average molecular weight is 258 g/mol. The standard InChI is InChI=1S/C4H6O5.2C2H6O2/c5-3(6)1-9-2-4(7)8;2*3-1-2-4/h1-2H2,(H,5,6)(H,7,8);2*3-4H,1-2H2. The first-order valence-corrected chi connectivity index (χ1v) is 4.40. The predicted molar refractivity (Wildman–Crippen MR) is 54.4 cm³/mol. The van der Waals surface area contributed by atoms with E-state index in [-0.39, 0.29) is 26.4 Å². The molecule has 0 aliphatic carbocycles. The van der Waals surface area contributed by atoms with Gasteiger partial charge in [-0.2, -0.15) is 0 Å². The number of carboxylic acid groups (broad SMARTS) is 2. The van der Waals surface area contributed by atoms with Crippen LogP contribution < -0.4 is 0 Å². The minimum Gasteiger partial charge on any atom is -0.480 e. The molecule has 17 heavy (non-hydrogen) atoms. The zero-order valence-electron chi connectivity index (χ0n) is 9.15. The Morgan fingerprint density at radius 2 is 0.941 bits per heavy atom. The second kappa shape index (κ2) is 20.2. The molecule has 0 amide bonds.